The molecule has 0 bridgehead atoms. The van der Waals surface area contributed by atoms with Crippen LogP contribution in [-0.2, 0) is 14.8 Å². The molecule has 0 aliphatic rings. The molecule has 142 valence electrons. The van der Waals surface area contributed by atoms with Crippen LogP contribution in [0.15, 0.2) is 53.6 Å². The number of carbonyl (C=O) groups excluding carboxylic acids is 1. The highest BCUT2D eigenvalue weighted by atomic mass is 32.2. The van der Waals surface area contributed by atoms with Crippen molar-refractivity contribution in [2.75, 3.05) is 5.32 Å². The van der Waals surface area contributed by atoms with Crippen LogP contribution >= 0.6 is 0 Å². The number of aryl methyl sites for hydroxylation is 1. The molecule has 2 heterocycles. The Labute approximate surface area is 158 Å². The third kappa shape index (κ3) is 4.11. The van der Waals surface area contributed by atoms with Gasteiger partial charge in [0.2, 0.25) is 0 Å². The van der Waals surface area contributed by atoms with E-state index < -0.39 is 21.7 Å². The van der Waals surface area contributed by atoms with Crippen LogP contribution in [0.3, 0.4) is 0 Å². The summed E-state index contributed by atoms with van der Waals surface area (Å²) in [6, 6.07) is 11.4. The number of anilines is 1. The number of carbonyl (C=O) groups is 1. The molecule has 0 fully saturated rings. The maximum atomic E-state index is 12.9. The first-order chi connectivity index (χ1) is 12.6. The van der Waals surface area contributed by atoms with Crippen LogP contribution in [0, 0.1) is 6.92 Å². The highest BCUT2D eigenvalue weighted by Crippen LogP contribution is 2.23. The van der Waals surface area contributed by atoms with Gasteiger partial charge < -0.3 is 4.74 Å². The minimum absolute atomic E-state index is 0.196. The summed E-state index contributed by atoms with van der Waals surface area (Å²) in [5.41, 5.74) is 1.22. The van der Waals surface area contributed by atoms with Crippen molar-refractivity contribution >= 4 is 33.0 Å². The van der Waals surface area contributed by atoms with Crippen molar-refractivity contribution in [1.82, 2.24) is 8.96 Å². The van der Waals surface area contributed by atoms with Gasteiger partial charge in [-0.25, -0.2) is 22.2 Å². The van der Waals surface area contributed by atoms with Crippen molar-refractivity contribution in [3.63, 3.8) is 0 Å². The summed E-state index contributed by atoms with van der Waals surface area (Å²) in [6.45, 7) is 7.18. The van der Waals surface area contributed by atoms with Gasteiger partial charge in [0.15, 0.2) is 0 Å². The second-order valence-corrected chi connectivity index (χ2v) is 8.97. The van der Waals surface area contributed by atoms with Crippen LogP contribution in [0.2, 0.25) is 0 Å². The van der Waals surface area contributed by atoms with Crippen molar-refractivity contribution < 1.29 is 17.9 Å². The second kappa shape index (κ2) is 6.70. The molecular formula is C19H21N3O4S. The highest BCUT2D eigenvalue weighted by Gasteiger charge is 2.20. The van der Waals surface area contributed by atoms with Gasteiger partial charge in [-0.2, -0.15) is 0 Å². The van der Waals surface area contributed by atoms with Gasteiger partial charge in [0, 0.05) is 6.20 Å². The Hall–Kier alpha value is -2.87. The van der Waals surface area contributed by atoms with E-state index in [0.717, 1.165) is 5.56 Å². The largest absolute Gasteiger partial charge is 0.444 e. The number of ether oxygens (including phenoxy) is 1. The lowest BCUT2D eigenvalue weighted by molar-refractivity contribution is 0.0635. The summed E-state index contributed by atoms with van der Waals surface area (Å²) in [7, 11) is -3.73. The maximum Gasteiger partial charge on any atom is 0.413 e. The Balaban J connectivity index is 1.92. The summed E-state index contributed by atoms with van der Waals surface area (Å²) < 4.78 is 32.1. The minimum atomic E-state index is -3.73. The molecule has 7 nitrogen and oxygen atoms in total. The first-order valence-electron chi connectivity index (χ1n) is 8.37. The lowest BCUT2D eigenvalue weighted by Gasteiger charge is -2.19. The Kier molecular flexibility index (Phi) is 4.69. The number of benzene rings is 1. The van der Waals surface area contributed by atoms with E-state index in [1.165, 1.54) is 16.2 Å². The fourth-order valence-corrected chi connectivity index (χ4v) is 3.85. The summed E-state index contributed by atoms with van der Waals surface area (Å²) in [4.78, 5) is 16.4. The van der Waals surface area contributed by atoms with E-state index in [-0.39, 0.29) is 10.7 Å². The van der Waals surface area contributed by atoms with Gasteiger partial charge in [0.25, 0.3) is 10.0 Å². The molecule has 0 saturated heterocycles. The number of nitrogens with one attached hydrogen (secondary N) is 1. The fourth-order valence-electron chi connectivity index (χ4n) is 2.51. The van der Waals surface area contributed by atoms with E-state index in [9.17, 15) is 13.2 Å². The van der Waals surface area contributed by atoms with E-state index in [1.54, 1.807) is 57.2 Å². The maximum absolute atomic E-state index is 12.9. The second-order valence-electron chi connectivity index (χ2n) is 7.16. The molecule has 0 radical (unpaired) electrons. The molecule has 8 heteroatoms. The van der Waals surface area contributed by atoms with E-state index >= 15 is 0 Å². The van der Waals surface area contributed by atoms with Gasteiger partial charge in [0.1, 0.15) is 11.4 Å². The molecule has 1 N–H and O–H groups in total. The molecule has 0 unspecified atom stereocenters. The van der Waals surface area contributed by atoms with Gasteiger partial charge in [-0.1, -0.05) is 17.7 Å². The smallest absolute Gasteiger partial charge is 0.413 e. The zero-order chi connectivity index (χ0) is 19.8. The van der Waals surface area contributed by atoms with Gasteiger partial charge in [-0.15, -0.1) is 0 Å². The van der Waals surface area contributed by atoms with E-state index in [2.05, 4.69) is 10.3 Å². The molecule has 1 aromatic carbocycles. The third-order valence-electron chi connectivity index (χ3n) is 3.71. The first kappa shape index (κ1) is 18.9. The van der Waals surface area contributed by atoms with Crippen LogP contribution in [0.5, 0.6) is 0 Å². The number of pyridine rings is 1. The van der Waals surface area contributed by atoms with Crippen molar-refractivity contribution in [3.8, 4) is 0 Å². The number of aromatic nitrogens is 2. The predicted octanol–water partition coefficient (Wildman–Crippen LogP) is 3.93. The van der Waals surface area contributed by atoms with Crippen LogP contribution in [0.25, 0.3) is 11.0 Å². The van der Waals surface area contributed by atoms with Crippen molar-refractivity contribution in [1.29, 1.82) is 0 Å². The van der Waals surface area contributed by atoms with Crippen LogP contribution in [0.1, 0.15) is 26.3 Å². The third-order valence-corrected chi connectivity index (χ3v) is 5.42. The minimum Gasteiger partial charge on any atom is -0.444 e. The Morgan fingerprint density at radius 1 is 1.07 bits per heavy atom. The summed E-state index contributed by atoms with van der Waals surface area (Å²) >= 11 is 0. The SMILES string of the molecule is Cc1ccc(S(=O)(=O)n2ccc3nc(NC(=O)OC(C)(C)C)ccc32)cc1. The zero-order valence-electron chi connectivity index (χ0n) is 15.6. The van der Waals surface area contributed by atoms with E-state index in [4.69, 9.17) is 4.74 Å². The Morgan fingerprint density at radius 3 is 2.37 bits per heavy atom. The molecule has 0 saturated carbocycles. The normalized spacial score (nSPS) is 12.1. The van der Waals surface area contributed by atoms with E-state index in [0.29, 0.717) is 11.0 Å². The van der Waals surface area contributed by atoms with Crippen LogP contribution in [0.4, 0.5) is 10.6 Å². The summed E-state index contributed by atoms with van der Waals surface area (Å²) in [5.74, 6) is 0.280. The molecule has 0 spiro atoms. The molecule has 2 aromatic heterocycles. The topological polar surface area (TPSA) is 90.3 Å². The van der Waals surface area contributed by atoms with Crippen molar-refractivity contribution in [3.05, 3.63) is 54.2 Å². The Bertz CT molecular complexity index is 1090. The summed E-state index contributed by atoms with van der Waals surface area (Å²) in [5, 5.41) is 2.55. The van der Waals surface area contributed by atoms with Crippen molar-refractivity contribution in [2.24, 2.45) is 0 Å². The molecule has 0 aliphatic heterocycles. The lowest BCUT2D eigenvalue weighted by Crippen LogP contribution is -2.27. The quantitative estimate of drug-likeness (QED) is 0.735. The van der Waals surface area contributed by atoms with Gasteiger partial charge in [-0.3, -0.25) is 5.32 Å². The molecule has 1 amide bonds. The number of amides is 1. The number of hydrogen-bond acceptors (Lipinski definition) is 5. The molecule has 3 aromatic rings. The number of hydrogen-bond donors (Lipinski definition) is 1. The standard InChI is InChI=1S/C19H21N3O4S/c1-13-5-7-14(8-6-13)27(24,25)22-12-11-15-16(22)9-10-17(20-15)21-18(23)26-19(2,3)4/h5-12H,1-4H3,(H,20,21,23). The lowest BCUT2D eigenvalue weighted by atomic mass is 10.2. The average molecular weight is 387 g/mol. The molecule has 0 aliphatic carbocycles. The van der Waals surface area contributed by atoms with Gasteiger partial charge in [-0.05, 0) is 58.0 Å². The average Bonchev–Trinajstić information content (AvgIpc) is 2.97. The number of rotatable bonds is 3. The van der Waals surface area contributed by atoms with Crippen LogP contribution < -0.4 is 5.32 Å². The Morgan fingerprint density at radius 2 is 1.74 bits per heavy atom. The molecule has 27 heavy (non-hydrogen) atoms. The van der Waals surface area contributed by atoms with Gasteiger partial charge in [0.05, 0.1) is 15.9 Å². The number of nitrogens with zero attached hydrogens (tertiary/aromatic N) is 2. The number of fused-ring (bicyclic) bond motifs is 1. The molecule has 0 atom stereocenters. The predicted molar refractivity (Wildman–Crippen MR) is 103 cm³/mol. The molecule has 3 rings (SSSR count). The summed E-state index contributed by atoms with van der Waals surface area (Å²) in [6.07, 6.45) is 0.825. The van der Waals surface area contributed by atoms with Crippen LogP contribution in [-0.4, -0.2) is 29.1 Å². The van der Waals surface area contributed by atoms with Crippen molar-refractivity contribution in [2.45, 2.75) is 38.2 Å². The highest BCUT2D eigenvalue weighted by molar-refractivity contribution is 7.90. The monoisotopic (exact) mass is 387 g/mol. The van der Waals surface area contributed by atoms with E-state index in [1.807, 2.05) is 6.92 Å². The first-order valence-corrected chi connectivity index (χ1v) is 9.81. The molecular weight excluding hydrogens is 366 g/mol. The zero-order valence-corrected chi connectivity index (χ0v) is 16.4. The fraction of sp³-hybridized carbons (Fsp3) is 0.263. The van der Waals surface area contributed by atoms with Gasteiger partial charge >= 0.3 is 6.09 Å².